The van der Waals surface area contributed by atoms with Gasteiger partial charge in [-0.15, -0.1) is 0 Å². The summed E-state index contributed by atoms with van der Waals surface area (Å²) in [7, 11) is 0. The summed E-state index contributed by atoms with van der Waals surface area (Å²) < 4.78 is 16.3. The molecule has 5 heteroatoms. The highest BCUT2D eigenvalue weighted by molar-refractivity contribution is 5.96. The van der Waals surface area contributed by atoms with Crippen molar-refractivity contribution >= 4 is 11.6 Å². The zero-order valence-electron chi connectivity index (χ0n) is 12.8. The Labute approximate surface area is 134 Å². The topological polar surface area (TPSA) is 56.8 Å². The normalized spacial score (nSPS) is 18.3. The second-order valence-electron chi connectivity index (χ2n) is 5.60. The number of hydrogen-bond donors (Lipinski definition) is 1. The van der Waals surface area contributed by atoms with Gasteiger partial charge in [0.15, 0.2) is 11.5 Å². The third kappa shape index (κ3) is 2.48. The molecule has 0 saturated carbocycles. The fourth-order valence-electron chi connectivity index (χ4n) is 3.11. The van der Waals surface area contributed by atoms with E-state index in [0.29, 0.717) is 18.8 Å². The maximum atomic E-state index is 12.1. The summed E-state index contributed by atoms with van der Waals surface area (Å²) in [5.41, 5.74) is 2.94. The summed E-state index contributed by atoms with van der Waals surface area (Å²) in [6.45, 7) is 2.82. The van der Waals surface area contributed by atoms with Gasteiger partial charge in [0.2, 0.25) is 12.7 Å². The Bertz CT molecular complexity index is 754. The van der Waals surface area contributed by atoms with Crippen molar-refractivity contribution in [1.29, 1.82) is 0 Å². The first-order valence-corrected chi connectivity index (χ1v) is 7.70. The van der Waals surface area contributed by atoms with Crippen molar-refractivity contribution in [3.8, 4) is 17.2 Å². The lowest BCUT2D eigenvalue weighted by atomic mass is 9.84. The van der Waals surface area contributed by atoms with E-state index in [-0.39, 0.29) is 18.6 Å². The van der Waals surface area contributed by atoms with Gasteiger partial charge in [-0.2, -0.15) is 0 Å². The first-order valence-electron chi connectivity index (χ1n) is 7.70. The molecular weight excluding hydrogens is 294 g/mol. The minimum atomic E-state index is 0.00364. The van der Waals surface area contributed by atoms with E-state index in [2.05, 4.69) is 5.32 Å². The van der Waals surface area contributed by atoms with Gasteiger partial charge in [0.05, 0.1) is 6.61 Å². The van der Waals surface area contributed by atoms with Gasteiger partial charge in [0.25, 0.3) is 0 Å². The highest BCUT2D eigenvalue weighted by Crippen LogP contribution is 2.44. The Morgan fingerprint density at radius 2 is 1.91 bits per heavy atom. The van der Waals surface area contributed by atoms with Crippen molar-refractivity contribution in [1.82, 2.24) is 0 Å². The lowest BCUT2D eigenvalue weighted by Crippen LogP contribution is -2.23. The zero-order valence-corrected chi connectivity index (χ0v) is 12.8. The number of benzene rings is 2. The Morgan fingerprint density at radius 1 is 1.17 bits per heavy atom. The molecule has 2 heterocycles. The van der Waals surface area contributed by atoms with Gasteiger partial charge >= 0.3 is 0 Å². The molecule has 23 heavy (non-hydrogen) atoms. The molecule has 1 amide bonds. The Balaban J connectivity index is 1.73. The standard InChI is InChI=1S/C18H17NO4/c1-2-21-12-5-3-11(4-6-12)13-8-18(20)19-15-9-17-16(7-14(13)15)22-10-23-17/h3-7,9,13H,2,8,10H2,1H3,(H,19,20)/t13-/m0/s1. The molecule has 0 unspecified atom stereocenters. The summed E-state index contributed by atoms with van der Waals surface area (Å²) in [4.78, 5) is 12.1. The van der Waals surface area contributed by atoms with E-state index >= 15 is 0 Å². The van der Waals surface area contributed by atoms with Crippen LogP contribution in [0.2, 0.25) is 0 Å². The van der Waals surface area contributed by atoms with Gasteiger partial charge in [0, 0.05) is 24.1 Å². The largest absolute Gasteiger partial charge is 0.494 e. The molecule has 118 valence electrons. The van der Waals surface area contributed by atoms with Crippen LogP contribution < -0.4 is 19.5 Å². The molecule has 0 aliphatic carbocycles. The molecule has 0 radical (unpaired) electrons. The molecule has 2 aliphatic heterocycles. The second kappa shape index (κ2) is 5.50. The van der Waals surface area contributed by atoms with Crippen molar-refractivity contribution in [2.75, 3.05) is 18.7 Å². The highest BCUT2D eigenvalue weighted by Gasteiger charge is 2.29. The molecule has 4 rings (SSSR count). The third-order valence-corrected chi connectivity index (χ3v) is 4.18. The number of carbonyl (C=O) groups is 1. The Kier molecular flexibility index (Phi) is 3.33. The summed E-state index contributed by atoms with van der Waals surface area (Å²) in [6.07, 6.45) is 0.417. The number of nitrogens with one attached hydrogen (secondary N) is 1. The van der Waals surface area contributed by atoms with Crippen LogP contribution in [0, 0.1) is 0 Å². The van der Waals surface area contributed by atoms with Gasteiger partial charge in [-0.05, 0) is 36.2 Å². The van der Waals surface area contributed by atoms with Crippen molar-refractivity contribution in [3.63, 3.8) is 0 Å². The molecule has 2 aromatic rings. The molecule has 0 spiro atoms. The molecule has 0 bridgehead atoms. The first-order chi connectivity index (χ1) is 11.2. The van der Waals surface area contributed by atoms with Gasteiger partial charge < -0.3 is 19.5 Å². The smallest absolute Gasteiger partial charge is 0.231 e. The average molecular weight is 311 g/mol. The molecular formula is C18H17NO4. The number of rotatable bonds is 3. The van der Waals surface area contributed by atoms with Crippen LogP contribution in [0.25, 0.3) is 0 Å². The highest BCUT2D eigenvalue weighted by atomic mass is 16.7. The van der Waals surface area contributed by atoms with E-state index in [9.17, 15) is 4.79 Å². The zero-order chi connectivity index (χ0) is 15.8. The first kappa shape index (κ1) is 13.9. The van der Waals surface area contributed by atoms with E-state index < -0.39 is 0 Å². The van der Waals surface area contributed by atoms with Crippen LogP contribution in [-0.4, -0.2) is 19.3 Å². The van der Waals surface area contributed by atoms with Crippen molar-refractivity contribution in [2.45, 2.75) is 19.3 Å². The van der Waals surface area contributed by atoms with Crippen molar-refractivity contribution < 1.29 is 19.0 Å². The quantitative estimate of drug-likeness (QED) is 0.945. The van der Waals surface area contributed by atoms with E-state index in [1.165, 1.54) is 0 Å². The van der Waals surface area contributed by atoms with E-state index in [0.717, 1.165) is 28.3 Å². The van der Waals surface area contributed by atoms with Gasteiger partial charge in [0.1, 0.15) is 5.75 Å². The number of ether oxygens (including phenoxy) is 3. The molecule has 2 aromatic carbocycles. The molecule has 2 aliphatic rings. The molecule has 0 saturated heterocycles. The minimum absolute atomic E-state index is 0.00364. The van der Waals surface area contributed by atoms with Crippen LogP contribution in [0.1, 0.15) is 30.4 Å². The average Bonchev–Trinajstić information content (AvgIpc) is 3.00. The monoisotopic (exact) mass is 311 g/mol. The lowest BCUT2D eigenvalue weighted by Gasteiger charge is -2.26. The molecule has 5 nitrogen and oxygen atoms in total. The van der Waals surface area contributed by atoms with E-state index in [1.807, 2.05) is 43.3 Å². The predicted molar refractivity (Wildman–Crippen MR) is 85.3 cm³/mol. The molecule has 1 N–H and O–H groups in total. The van der Waals surface area contributed by atoms with Crippen LogP contribution in [0.3, 0.4) is 0 Å². The van der Waals surface area contributed by atoms with Gasteiger partial charge in [-0.1, -0.05) is 12.1 Å². The van der Waals surface area contributed by atoms with Crippen molar-refractivity contribution in [2.24, 2.45) is 0 Å². The predicted octanol–water partition coefficient (Wildman–Crippen LogP) is 3.29. The minimum Gasteiger partial charge on any atom is -0.494 e. The van der Waals surface area contributed by atoms with Crippen LogP contribution in [0.15, 0.2) is 36.4 Å². The van der Waals surface area contributed by atoms with Gasteiger partial charge in [-0.3, -0.25) is 4.79 Å². The Hall–Kier alpha value is -2.69. The maximum absolute atomic E-state index is 12.1. The summed E-state index contributed by atoms with van der Waals surface area (Å²) >= 11 is 0. The summed E-state index contributed by atoms with van der Waals surface area (Å²) in [5, 5.41) is 2.92. The fourth-order valence-corrected chi connectivity index (χ4v) is 3.11. The molecule has 0 fully saturated rings. The maximum Gasteiger partial charge on any atom is 0.231 e. The van der Waals surface area contributed by atoms with Crippen LogP contribution in [-0.2, 0) is 4.79 Å². The number of amides is 1. The van der Waals surface area contributed by atoms with Crippen LogP contribution in [0.4, 0.5) is 5.69 Å². The Morgan fingerprint density at radius 3 is 2.65 bits per heavy atom. The third-order valence-electron chi connectivity index (χ3n) is 4.18. The summed E-state index contributed by atoms with van der Waals surface area (Å²) in [5.74, 6) is 2.26. The SMILES string of the molecule is CCOc1ccc([C@@H]2CC(=O)Nc3cc4c(cc32)OCO4)cc1. The van der Waals surface area contributed by atoms with Gasteiger partial charge in [-0.25, -0.2) is 0 Å². The number of carbonyl (C=O) groups excluding carboxylic acids is 1. The van der Waals surface area contributed by atoms with E-state index in [1.54, 1.807) is 0 Å². The van der Waals surface area contributed by atoms with E-state index in [4.69, 9.17) is 14.2 Å². The second-order valence-corrected chi connectivity index (χ2v) is 5.60. The lowest BCUT2D eigenvalue weighted by molar-refractivity contribution is -0.116. The fraction of sp³-hybridized carbons (Fsp3) is 0.278. The number of fused-ring (bicyclic) bond motifs is 2. The number of anilines is 1. The summed E-state index contributed by atoms with van der Waals surface area (Å²) in [6, 6.07) is 11.7. The van der Waals surface area contributed by atoms with Crippen LogP contribution >= 0.6 is 0 Å². The van der Waals surface area contributed by atoms with Crippen molar-refractivity contribution in [3.05, 3.63) is 47.5 Å². The molecule has 1 atom stereocenters. The molecule has 0 aromatic heterocycles. The van der Waals surface area contributed by atoms with Crippen LogP contribution in [0.5, 0.6) is 17.2 Å². The number of hydrogen-bond acceptors (Lipinski definition) is 4.